The minimum Gasteiger partial charge on any atom is -0.339 e. The van der Waals surface area contributed by atoms with E-state index in [0.29, 0.717) is 24.6 Å². The highest BCUT2D eigenvalue weighted by molar-refractivity contribution is 5.19. The molecule has 0 saturated carbocycles. The number of hydrogen-bond donors (Lipinski definition) is 1. The first-order valence-electron chi connectivity index (χ1n) is 5.45. The Morgan fingerprint density at radius 3 is 2.71 bits per heavy atom. The van der Waals surface area contributed by atoms with Crippen molar-refractivity contribution in [3.63, 3.8) is 0 Å². The Balaban J connectivity index is 2.03. The van der Waals surface area contributed by atoms with Gasteiger partial charge in [0, 0.05) is 18.9 Å². The third-order valence-corrected chi connectivity index (χ3v) is 2.28. The summed E-state index contributed by atoms with van der Waals surface area (Å²) in [7, 11) is 0. The van der Waals surface area contributed by atoms with Crippen LogP contribution in [0.15, 0.2) is 28.8 Å². The standard InChI is InChI=1S/C12H14FN3O/c1-8(14)6-12-15-11(16-17-12)7-9-2-4-10(13)5-3-9/h2-5,8H,6-7,14H2,1H3. The summed E-state index contributed by atoms with van der Waals surface area (Å²) >= 11 is 0. The number of nitrogens with two attached hydrogens (primary N) is 1. The van der Waals surface area contributed by atoms with E-state index in [0.717, 1.165) is 5.56 Å². The summed E-state index contributed by atoms with van der Waals surface area (Å²) in [5, 5.41) is 3.85. The summed E-state index contributed by atoms with van der Waals surface area (Å²) in [4.78, 5) is 4.22. The zero-order valence-electron chi connectivity index (χ0n) is 9.56. The fourth-order valence-electron chi connectivity index (χ4n) is 1.51. The summed E-state index contributed by atoms with van der Waals surface area (Å²) in [5.41, 5.74) is 6.58. The van der Waals surface area contributed by atoms with Crippen LogP contribution in [0.3, 0.4) is 0 Å². The van der Waals surface area contributed by atoms with Gasteiger partial charge < -0.3 is 10.3 Å². The zero-order chi connectivity index (χ0) is 12.3. The average Bonchev–Trinajstić information content (AvgIpc) is 2.68. The van der Waals surface area contributed by atoms with Gasteiger partial charge >= 0.3 is 0 Å². The van der Waals surface area contributed by atoms with E-state index in [-0.39, 0.29) is 11.9 Å². The number of rotatable bonds is 4. The lowest BCUT2D eigenvalue weighted by atomic mass is 10.1. The van der Waals surface area contributed by atoms with Gasteiger partial charge in [-0.3, -0.25) is 0 Å². The van der Waals surface area contributed by atoms with Gasteiger partial charge in [0.2, 0.25) is 5.89 Å². The van der Waals surface area contributed by atoms with Gasteiger partial charge in [-0.15, -0.1) is 0 Å². The maximum absolute atomic E-state index is 12.7. The van der Waals surface area contributed by atoms with E-state index >= 15 is 0 Å². The Morgan fingerprint density at radius 1 is 1.35 bits per heavy atom. The van der Waals surface area contributed by atoms with Crippen LogP contribution in [0.1, 0.15) is 24.2 Å². The summed E-state index contributed by atoms with van der Waals surface area (Å²) < 4.78 is 17.8. The molecule has 0 fully saturated rings. The first kappa shape index (κ1) is 11.7. The summed E-state index contributed by atoms with van der Waals surface area (Å²) in [5.74, 6) is 0.879. The molecule has 2 N–H and O–H groups in total. The molecule has 2 aromatic rings. The van der Waals surface area contributed by atoms with Crippen LogP contribution in [0.4, 0.5) is 4.39 Å². The fourth-order valence-corrected chi connectivity index (χ4v) is 1.51. The number of hydrogen-bond acceptors (Lipinski definition) is 4. The van der Waals surface area contributed by atoms with Gasteiger partial charge in [-0.05, 0) is 24.6 Å². The number of nitrogens with zero attached hydrogens (tertiary/aromatic N) is 2. The monoisotopic (exact) mass is 235 g/mol. The molecule has 5 heteroatoms. The Labute approximate surface area is 98.6 Å². The van der Waals surface area contributed by atoms with E-state index in [1.54, 1.807) is 12.1 Å². The van der Waals surface area contributed by atoms with Crippen LogP contribution < -0.4 is 5.73 Å². The molecule has 0 aliphatic heterocycles. The maximum Gasteiger partial charge on any atom is 0.228 e. The second kappa shape index (κ2) is 5.05. The van der Waals surface area contributed by atoms with E-state index in [1.165, 1.54) is 12.1 Å². The Kier molecular flexibility index (Phi) is 3.49. The van der Waals surface area contributed by atoms with E-state index in [2.05, 4.69) is 10.1 Å². The van der Waals surface area contributed by atoms with Gasteiger partial charge in [-0.2, -0.15) is 4.98 Å². The lowest BCUT2D eigenvalue weighted by Gasteiger charge is -1.97. The molecule has 0 bridgehead atoms. The minimum absolute atomic E-state index is 0.00544. The molecule has 0 aliphatic rings. The van der Waals surface area contributed by atoms with Crippen LogP contribution in [-0.4, -0.2) is 16.2 Å². The van der Waals surface area contributed by atoms with Crippen LogP contribution in [0.2, 0.25) is 0 Å². The lowest BCUT2D eigenvalue weighted by molar-refractivity contribution is 0.367. The van der Waals surface area contributed by atoms with Crippen molar-refractivity contribution in [1.29, 1.82) is 0 Å². The SMILES string of the molecule is CC(N)Cc1nc(Cc2ccc(F)cc2)no1. The van der Waals surface area contributed by atoms with E-state index in [9.17, 15) is 4.39 Å². The zero-order valence-corrected chi connectivity index (χ0v) is 9.56. The molecule has 0 aliphatic carbocycles. The van der Waals surface area contributed by atoms with E-state index in [1.807, 2.05) is 6.92 Å². The van der Waals surface area contributed by atoms with Crippen LogP contribution in [0.25, 0.3) is 0 Å². The largest absolute Gasteiger partial charge is 0.339 e. The molecule has 2 rings (SSSR count). The molecule has 1 aromatic heterocycles. The summed E-state index contributed by atoms with van der Waals surface area (Å²) in [6.07, 6.45) is 1.10. The van der Waals surface area contributed by atoms with Gasteiger partial charge in [0.25, 0.3) is 0 Å². The molecule has 0 spiro atoms. The van der Waals surface area contributed by atoms with Crippen molar-refractivity contribution >= 4 is 0 Å². The van der Waals surface area contributed by atoms with Crippen LogP contribution >= 0.6 is 0 Å². The van der Waals surface area contributed by atoms with Gasteiger partial charge in [0.05, 0.1) is 0 Å². The topological polar surface area (TPSA) is 64.9 Å². The predicted molar refractivity (Wildman–Crippen MR) is 60.9 cm³/mol. The highest BCUT2D eigenvalue weighted by atomic mass is 19.1. The maximum atomic E-state index is 12.7. The van der Waals surface area contributed by atoms with Crippen molar-refractivity contribution < 1.29 is 8.91 Å². The molecule has 0 radical (unpaired) electrons. The van der Waals surface area contributed by atoms with Crippen LogP contribution in [0, 0.1) is 5.82 Å². The van der Waals surface area contributed by atoms with Crippen molar-refractivity contribution in [2.75, 3.05) is 0 Å². The molecule has 0 amide bonds. The smallest absolute Gasteiger partial charge is 0.228 e. The summed E-state index contributed by atoms with van der Waals surface area (Å²) in [6.45, 7) is 1.88. The third-order valence-electron chi connectivity index (χ3n) is 2.28. The Morgan fingerprint density at radius 2 is 2.06 bits per heavy atom. The summed E-state index contributed by atoms with van der Waals surface area (Å²) in [6, 6.07) is 6.24. The van der Waals surface area contributed by atoms with Crippen molar-refractivity contribution in [3.05, 3.63) is 47.4 Å². The first-order chi connectivity index (χ1) is 8.13. The molecule has 1 aromatic carbocycles. The van der Waals surface area contributed by atoms with Crippen LogP contribution in [0.5, 0.6) is 0 Å². The third kappa shape index (κ3) is 3.35. The molecule has 4 nitrogen and oxygen atoms in total. The molecule has 1 heterocycles. The average molecular weight is 235 g/mol. The number of benzene rings is 1. The molecule has 17 heavy (non-hydrogen) atoms. The van der Waals surface area contributed by atoms with Gasteiger partial charge in [0.1, 0.15) is 5.82 Å². The highest BCUT2D eigenvalue weighted by Crippen LogP contribution is 2.08. The lowest BCUT2D eigenvalue weighted by Crippen LogP contribution is -2.17. The second-order valence-corrected chi connectivity index (χ2v) is 4.09. The molecular formula is C12H14FN3O. The number of halogens is 1. The highest BCUT2D eigenvalue weighted by Gasteiger charge is 2.08. The first-order valence-corrected chi connectivity index (χ1v) is 5.45. The van der Waals surface area contributed by atoms with Gasteiger partial charge in [0.15, 0.2) is 5.82 Å². The molecule has 0 saturated heterocycles. The van der Waals surface area contributed by atoms with Crippen molar-refractivity contribution in [2.45, 2.75) is 25.8 Å². The quantitative estimate of drug-likeness (QED) is 0.875. The predicted octanol–water partition coefficient (Wildman–Crippen LogP) is 1.69. The molecular weight excluding hydrogens is 221 g/mol. The molecule has 1 atom stereocenters. The van der Waals surface area contributed by atoms with E-state index < -0.39 is 0 Å². The molecule has 1 unspecified atom stereocenters. The molecule has 90 valence electrons. The van der Waals surface area contributed by atoms with Gasteiger partial charge in [-0.1, -0.05) is 17.3 Å². The Bertz CT molecular complexity index is 479. The van der Waals surface area contributed by atoms with Crippen molar-refractivity contribution in [3.8, 4) is 0 Å². The van der Waals surface area contributed by atoms with Crippen LogP contribution in [-0.2, 0) is 12.8 Å². The Hall–Kier alpha value is -1.75. The number of aromatic nitrogens is 2. The minimum atomic E-state index is -0.250. The fraction of sp³-hybridized carbons (Fsp3) is 0.333. The van der Waals surface area contributed by atoms with Crippen molar-refractivity contribution in [1.82, 2.24) is 10.1 Å². The van der Waals surface area contributed by atoms with Crippen molar-refractivity contribution in [2.24, 2.45) is 5.73 Å². The second-order valence-electron chi connectivity index (χ2n) is 4.09. The van der Waals surface area contributed by atoms with E-state index in [4.69, 9.17) is 10.3 Å². The normalized spacial score (nSPS) is 12.6. The van der Waals surface area contributed by atoms with Gasteiger partial charge in [-0.25, -0.2) is 4.39 Å².